The predicted octanol–water partition coefficient (Wildman–Crippen LogP) is 2.58. The summed E-state index contributed by atoms with van der Waals surface area (Å²) in [5.41, 5.74) is 2.01. The molecule has 0 saturated heterocycles. The minimum Gasteiger partial charge on any atom is -0.485 e. The average Bonchev–Trinajstić information content (AvgIpc) is 3.10. The summed E-state index contributed by atoms with van der Waals surface area (Å²) in [5.74, 6) is 0.627. The van der Waals surface area contributed by atoms with Gasteiger partial charge in [0.15, 0.2) is 5.78 Å². The number of aromatic nitrogens is 1. The Kier molecular flexibility index (Phi) is 4.79. The number of anilines is 1. The molecule has 1 amide bonds. The lowest BCUT2D eigenvalue weighted by Crippen LogP contribution is -2.46. The Morgan fingerprint density at radius 2 is 2.12 bits per heavy atom. The molecule has 0 spiro atoms. The number of fused-ring (bicyclic) bond motifs is 1. The van der Waals surface area contributed by atoms with E-state index in [-0.39, 0.29) is 17.8 Å². The second-order valence-electron chi connectivity index (χ2n) is 6.29. The molecule has 1 aromatic carbocycles. The van der Waals surface area contributed by atoms with E-state index in [0.29, 0.717) is 17.8 Å². The minimum atomic E-state index is -0.155. The van der Waals surface area contributed by atoms with E-state index in [1.807, 2.05) is 24.3 Å². The predicted molar refractivity (Wildman–Crippen MR) is 96.5 cm³/mol. The number of nitrogens with zero attached hydrogens (tertiary/aromatic N) is 2. The van der Waals surface area contributed by atoms with Gasteiger partial charge in [0.25, 0.3) is 5.91 Å². The highest BCUT2D eigenvalue weighted by atomic mass is 16.5. The van der Waals surface area contributed by atoms with E-state index in [0.717, 1.165) is 24.5 Å². The molecule has 6 nitrogen and oxygen atoms in total. The summed E-state index contributed by atoms with van der Waals surface area (Å²) in [6.45, 7) is 5.67. The molecule has 0 bridgehead atoms. The monoisotopic (exact) mass is 341 g/mol. The third kappa shape index (κ3) is 3.52. The Bertz CT molecular complexity index is 784. The zero-order valence-corrected chi connectivity index (χ0v) is 14.8. The summed E-state index contributed by atoms with van der Waals surface area (Å²) in [4.78, 5) is 30.7. The van der Waals surface area contributed by atoms with Gasteiger partial charge < -0.3 is 19.5 Å². The average molecular weight is 341 g/mol. The molecule has 0 radical (unpaired) electrons. The van der Waals surface area contributed by atoms with Crippen LogP contribution in [0.3, 0.4) is 0 Å². The highest BCUT2D eigenvalue weighted by molar-refractivity contribution is 5.99. The van der Waals surface area contributed by atoms with Crippen molar-refractivity contribution in [2.45, 2.75) is 20.0 Å². The molecule has 2 heterocycles. The zero-order chi connectivity index (χ0) is 18.0. The van der Waals surface area contributed by atoms with Gasteiger partial charge in [0.1, 0.15) is 17.5 Å². The number of H-pyrrole nitrogens is 1. The Labute approximate surface area is 147 Å². The van der Waals surface area contributed by atoms with Gasteiger partial charge in [-0.05, 0) is 32.0 Å². The number of likely N-dealkylation sites (N-methyl/N-ethyl adjacent to an activating group) is 2. The number of carbonyl (C=O) groups is 2. The quantitative estimate of drug-likeness (QED) is 0.849. The van der Waals surface area contributed by atoms with Gasteiger partial charge in [-0.25, -0.2) is 0 Å². The molecule has 1 aliphatic rings. The first-order valence-corrected chi connectivity index (χ1v) is 8.45. The summed E-state index contributed by atoms with van der Waals surface area (Å²) in [6, 6.07) is 9.55. The highest BCUT2D eigenvalue weighted by Gasteiger charge is 2.27. The summed E-state index contributed by atoms with van der Waals surface area (Å²) in [6.07, 6.45) is 1.46. The van der Waals surface area contributed by atoms with E-state index < -0.39 is 0 Å². The third-order valence-electron chi connectivity index (χ3n) is 4.45. The lowest BCUT2D eigenvalue weighted by atomic mass is 10.1. The van der Waals surface area contributed by atoms with Crippen LogP contribution in [0.15, 0.2) is 36.5 Å². The van der Waals surface area contributed by atoms with Crippen molar-refractivity contribution in [3.8, 4) is 5.75 Å². The normalized spacial score (nSPS) is 16.1. The molecule has 0 fully saturated rings. The van der Waals surface area contributed by atoms with Gasteiger partial charge >= 0.3 is 0 Å². The number of nitrogens with one attached hydrogen (secondary N) is 1. The van der Waals surface area contributed by atoms with Crippen LogP contribution in [0.1, 0.15) is 34.7 Å². The lowest BCUT2D eigenvalue weighted by molar-refractivity contribution is 0.0704. The minimum absolute atomic E-state index is 0.0660. The third-order valence-corrected chi connectivity index (χ3v) is 4.45. The van der Waals surface area contributed by atoms with Crippen molar-refractivity contribution in [2.24, 2.45) is 0 Å². The number of benzene rings is 1. The second-order valence-corrected chi connectivity index (χ2v) is 6.29. The molecule has 1 aliphatic heterocycles. The summed E-state index contributed by atoms with van der Waals surface area (Å²) in [5, 5.41) is 0. The van der Waals surface area contributed by atoms with Gasteiger partial charge in [0.2, 0.25) is 0 Å². The first kappa shape index (κ1) is 17.1. The molecule has 132 valence electrons. The molecular formula is C19H23N3O3. The van der Waals surface area contributed by atoms with Crippen LogP contribution in [0.2, 0.25) is 0 Å². The summed E-state index contributed by atoms with van der Waals surface area (Å²) >= 11 is 0. The molecule has 25 heavy (non-hydrogen) atoms. The number of rotatable bonds is 5. The van der Waals surface area contributed by atoms with Crippen molar-refractivity contribution >= 4 is 17.4 Å². The maximum atomic E-state index is 12.6. The molecule has 1 N–H and O–H groups in total. The molecule has 1 aromatic heterocycles. The number of amides is 1. The molecule has 1 atom stereocenters. The van der Waals surface area contributed by atoms with E-state index >= 15 is 0 Å². The number of para-hydroxylation sites is 2. The molecule has 2 aromatic rings. The van der Waals surface area contributed by atoms with E-state index in [4.69, 9.17) is 4.74 Å². The number of ketones is 1. The maximum absolute atomic E-state index is 12.6. The van der Waals surface area contributed by atoms with Crippen LogP contribution in [-0.2, 0) is 0 Å². The zero-order valence-electron chi connectivity index (χ0n) is 14.8. The number of hydrogen-bond acceptors (Lipinski definition) is 4. The lowest BCUT2D eigenvalue weighted by Gasteiger charge is -2.37. The SMILES string of the molecule is CCN1C[C@H](CN(C)C(=O)c2cc(C(C)=O)c[nH]2)Oc2ccccc21. The Morgan fingerprint density at radius 3 is 2.80 bits per heavy atom. The summed E-state index contributed by atoms with van der Waals surface area (Å²) in [7, 11) is 1.75. The van der Waals surface area contributed by atoms with Gasteiger partial charge in [-0.3, -0.25) is 9.59 Å². The van der Waals surface area contributed by atoms with E-state index in [2.05, 4.69) is 16.8 Å². The second kappa shape index (κ2) is 7.01. The van der Waals surface area contributed by atoms with Crippen molar-refractivity contribution in [1.29, 1.82) is 0 Å². The number of hydrogen-bond donors (Lipinski definition) is 1. The van der Waals surface area contributed by atoms with Crippen LogP contribution in [0.4, 0.5) is 5.69 Å². The Balaban J connectivity index is 1.69. The Morgan fingerprint density at radius 1 is 1.36 bits per heavy atom. The van der Waals surface area contributed by atoms with Crippen molar-refractivity contribution in [3.63, 3.8) is 0 Å². The van der Waals surface area contributed by atoms with Crippen LogP contribution in [0.5, 0.6) is 5.75 Å². The maximum Gasteiger partial charge on any atom is 0.270 e. The standard InChI is InChI=1S/C19H23N3O3/c1-4-22-12-15(25-18-8-6-5-7-17(18)22)11-21(3)19(24)16-9-14(10-20-16)13(2)23/h5-10,15,20H,4,11-12H2,1-3H3/t15-/m0/s1. The summed E-state index contributed by atoms with van der Waals surface area (Å²) < 4.78 is 6.06. The van der Waals surface area contributed by atoms with Crippen molar-refractivity contribution in [3.05, 3.63) is 47.8 Å². The van der Waals surface area contributed by atoms with E-state index in [1.165, 1.54) is 6.92 Å². The molecule has 6 heteroatoms. The smallest absolute Gasteiger partial charge is 0.270 e. The van der Waals surface area contributed by atoms with E-state index in [1.54, 1.807) is 24.2 Å². The fourth-order valence-corrected chi connectivity index (χ4v) is 3.09. The van der Waals surface area contributed by atoms with Crippen molar-refractivity contribution < 1.29 is 14.3 Å². The largest absolute Gasteiger partial charge is 0.485 e. The van der Waals surface area contributed by atoms with Crippen LogP contribution < -0.4 is 9.64 Å². The van der Waals surface area contributed by atoms with Crippen LogP contribution in [0, 0.1) is 0 Å². The molecular weight excluding hydrogens is 318 g/mol. The highest BCUT2D eigenvalue weighted by Crippen LogP contribution is 2.32. The molecule has 0 aliphatic carbocycles. The molecule has 0 unspecified atom stereocenters. The van der Waals surface area contributed by atoms with Crippen LogP contribution in [0.25, 0.3) is 0 Å². The van der Waals surface area contributed by atoms with E-state index in [9.17, 15) is 9.59 Å². The van der Waals surface area contributed by atoms with Gasteiger partial charge in [-0.2, -0.15) is 0 Å². The number of Topliss-reactive ketones (excluding diaryl/α,β-unsaturated/α-hetero) is 1. The number of aromatic amines is 1. The first-order chi connectivity index (χ1) is 12.0. The molecule has 0 saturated carbocycles. The number of carbonyl (C=O) groups excluding carboxylic acids is 2. The van der Waals surface area contributed by atoms with Gasteiger partial charge in [-0.1, -0.05) is 12.1 Å². The van der Waals surface area contributed by atoms with Crippen molar-refractivity contribution in [2.75, 3.05) is 31.6 Å². The Hall–Kier alpha value is -2.76. The van der Waals surface area contributed by atoms with Gasteiger partial charge in [0, 0.05) is 25.4 Å². The van der Waals surface area contributed by atoms with Gasteiger partial charge in [0.05, 0.1) is 18.8 Å². The molecule has 3 rings (SSSR count). The van der Waals surface area contributed by atoms with Gasteiger partial charge in [-0.15, -0.1) is 0 Å². The first-order valence-electron chi connectivity index (χ1n) is 8.45. The van der Waals surface area contributed by atoms with Crippen LogP contribution in [-0.4, -0.2) is 54.4 Å². The number of ether oxygens (including phenoxy) is 1. The fourth-order valence-electron chi connectivity index (χ4n) is 3.09. The van der Waals surface area contributed by atoms with Crippen LogP contribution >= 0.6 is 0 Å². The fraction of sp³-hybridized carbons (Fsp3) is 0.368. The topological polar surface area (TPSA) is 65.6 Å². The van der Waals surface area contributed by atoms with Crippen molar-refractivity contribution in [1.82, 2.24) is 9.88 Å².